The number of halogens is 2. The highest BCUT2D eigenvalue weighted by Gasteiger charge is 2.15. The van der Waals surface area contributed by atoms with Gasteiger partial charge in [0.25, 0.3) is 0 Å². The average molecular weight is 327 g/mol. The Labute approximate surface area is 139 Å². The van der Waals surface area contributed by atoms with Crippen molar-refractivity contribution in [1.29, 1.82) is 0 Å². The third kappa shape index (κ3) is 3.15. The SMILES string of the molecule is CCCCNc1ncc(-c2cccc(N)c2)c2c(F)cc(F)cc12. The first-order chi connectivity index (χ1) is 11.6. The second kappa shape index (κ2) is 6.83. The van der Waals surface area contributed by atoms with E-state index in [1.807, 2.05) is 6.07 Å². The number of anilines is 2. The van der Waals surface area contributed by atoms with Gasteiger partial charge in [0, 0.05) is 40.8 Å². The van der Waals surface area contributed by atoms with Crippen molar-refractivity contribution in [3.63, 3.8) is 0 Å². The second-order valence-electron chi connectivity index (χ2n) is 5.74. The molecule has 3 N–H and O–H groups in total. The summed E-state index contributed by atoms with van der Waals surface area (Å²) in [7, 11) is 0. The predicted molar refractivity (Wildman–Crippen MR) is 94.9 cm³/mol. The Kier molecular flexibility index (Phi) is 4.60. The zero-order valence-corrected chi connectivity index (χ0v) is 13.4. The Morgan fingerprint density at radius 2 is 2.00 bits per heavy atom. The van der Waals surface area contributed by atoms with Crippen LogP contribution >= 0.6 is 0 Å². The van der Waals surface area contributed by atoms with Crippen LogP contribution in [0.3, 0.4) is 0 Å². The molecule has 0 atom stereocenters. The number of nitrogens with one attached hydrogen (secondary N) is 1. The number of nitrogen functional groups attached to an aromatic ring is 1. The zero-order valence-electron chi connectivity index (χ0n) is 13.4. The summed E-state index contributed by atoms with van der Waals surface area (Å²) in [5.41, 5.74) is 7.75. The molecule has 0 amide bonds. The van der Waals surface area contributed by atoms with Crippen molar-refractivity contribution in [1.82, 2.24) is 4.98 Å². The van der Waals surface area contributed by atoms with Crippen molar-refractivity contribution in [2.24, 2.45) is 0 Å². The maximum Gasteiger partial charge on any atom is 0.134 e. The molecule has 24 heavy (non-hydrogen) atoms. The summed E-state index contributed by atoms with van der Waals surface area (Å²) in [6, 6.07) is 9.35. The molecule has 0 saturated carbocycles. The highest BCUT2D eigenvalue weighted by molar-refractivity contribution is 6.02. The van der Waals surface area contributed by atoms with Crippen LogP contribution in [0.1, 0.15) is 19.8 Å². The van der Waals surface area contributed by atoms with E-state index in [0.29, 0.717) is 34.4 Å². The van der Waals surface area contributed by atoms with Gasteiger partial charge < -0.3 is 11.1 Å². The first kappa shape index (κ1) is 16.2. The fraction of sp³-hybridized carbons (Fsp3) is 0.211. The van der Waals surface area contributed by atoms with Crippen LogP contribution in [0.4, 0.5) is 20.3 Å². The number of rotatable bonds is 5. The van der Waals surface area contributed by atoms with E-state index in [4.69, 9.17) is 5.73 Å². The Balaban J connectivity index is 2.20. The van der Waals surface area contributed by atoms with Crippen LogP contribution in [0.15, 0.2) is 42.6 Å². The Morgan fingerprint density at radius 1 is 1.17 bits per heavy atom. The third-order valence-electron chi connectivity index (χ3n) is 3.92. The lowest BCUT2D eigenvalue weighted by atomic mass is 9.99. The van der Waals surface area contributed by atoms with Crippen molar-refractivity contribution in [2.75, 3.05) is 17.6 Å². The van der Waals surface area contributed by atoms with E-state index < -0.39 is 11.6 Å². The van der Waals surface area contributed by atoms with Gasteiger partial charge >= 0.3 is 0 Å². The van der Waals surface area contributed by atoms with Crippen molar-refractivity contribution >= 4 is 22.3 Å². The van der Waals surface area contributed by atoms with E-state index in [1.165, 1.54) is 6.07 Å². The number of aromatic nitrogens is 1. The molecule has 0 unspecified atom stereocenters. The smallest absolute Gasteiger partial charge is 0.134 e. The lowest BCUT2D eigenvalue weighted by Crippen LogP contribution is -2.04. The molecule has 3 nitrogen and oxygen atoms in total. The lowest BCUT2D eigenvalue weighted by molar-refractivity contribution is 0.592. The summed E-state index contributed by atoms with van der Waals surface area (Å²) in [6.45, 7) is 2.78. The van der Waals surface area contributed by atoms with Gasteiger partial charge in [0.15, 0.2) is 0 Å². The number of fused-ring (bicyclic) bond motifs is 1. The van der Waals surface area contributed by atoms with Crippen molar-refractivity contribution < 1.29 is 8.78 Å². The maximum atomic E-state index is 14.5. The summed E-state index contributed by atoms with van der Waals surface area (Å²) < 4.78 is 28.3. The number of nitrogens with two attached hydrogens (primary N) is 1. The number of hydrogen-bond donors (Lipinski definition) is 2. The van der Waals surface area contributed by atoms with Crippen LogP contribution in [-0.2, 0) is 0 Å². The number of nitrogens with zero attached hydrogens (tertiary/aromatic N) is 1. The minimum Gasteiger partial charge on any atom is -0.399 e. The molecule has 1 heterocycles. The summed E-state index contributed by atoms with van der Waals surface area (Å²) in [5.74, 6) is -0.738. The van der Waals surface area contributed by atoms with Gasteiger partial charge in [-0.1, -0.05) is 25.5 Å². The standard InChI is InChI=1S/C19H19F2N3/c1-2-3-7-23-19-15-9-13(20)10-17(21)18(15)16(11-24-19)12-5-4-6-14(22)8-12/h4-6,8-11H,2-3,7,22H2,1H3,(H,23,24). The minimum atomic E-state index is -0.620. The number of hydrogen-bond acceptors (Lipinski definition) is 3. The molecule has 0 fully saturated rings. The molecule has 124 valence electrons. The van der Waals surface area contributed by atoms with Gasteiger partial charge in [0.05, 0.1) is 0 Å². The van der Waals surface area contributed by atoms with Crippen molar-refractivity contribution in [3.05, 3.63) is 54.2 Å². The Morgan fingerprint density at radius 3 is 2.75 bits per heavy atom. The molecule has 3 aromatic rings. The maximum absolute atomic E-state index is 14.5. The summed E-state index contributed by atoms with van der Waals surface area (Å²) in [4.78, 5) is 4.38. The molecule has 0 bridgehead atoms. The van der Waals surface area contributed by atoms with Crippen LogP contribution in [0, 0.1) is 11.6 Å². The first-order valence-electron chi connectivity index (χ1n) is 7.97. The summed E-state index contributed by atoms with van der Waals surface area (Å²) in [6.07, 6.45) is 3.58. The predicted octanol–water partition coefficient (Wildman–Crippen LogP) is 4.97. The largest absolute Gasteiger partial charge is 0.399 e. The highest BCUT2D eigenvalue weighted by Crippen LogP contribution is 2.34. The molecular formula is C19H19F2N3. The molecule has 0 spiro atoms. The first-order valence-corrected chi connectivity index (χ1v) is 7.97. The zero-order chi connectivity index (χ0) is 17.1. The molecule has 0 aliphatic heterocycles. The van der Waals surface area contributed by atoms with Crippen molar-refractivity contribution in [3.8, 4) is 11.1 Å². The number of benzene rings is 2. The van der Waals surface area contributed by atoms with Gasteiger partial charge in [0.1, 0.15) is 17.5 Å². The van der Waals surface area contributed by atoms with Crippen LogP contribution in [0.2, 0.25) is 0 Å². The van der Waals surface area contributed by atoms with E-state index in [0.717, 1.165) is 24.5 Å². The van der Waals surface area contributed by atoms with Gasteiger partial charge in [-0.3, -0.25) is 0 Å². The molecule has 0 aliphatic rings. The average Bonchev–Trinajstić information content (AvgIpc) is 2.55. The van der Waals surface area contributed by atoms with Crippen LogP contribution in [-0.4, -0.2) is 11.5 Å². The van der Waals surface area contributed by atoms with Crippen LogP contribution in [0.25, 0.3) is 21.9 Å². The van der Waals surface area contributed by atoms with E-state index in [-0.39, 0.29) is 0 Å². The minimum absolute atomic E-state index is 0.344. The number of pyridine rings is 1. The topological polar surface area (TPSA) is 50.9 Å². The monoisotopic (exact) mass is 327 g/mol. The van der Waals surface area contributed by atoms with E-state index in [2.05, 4.69) is 17.2 Å². The molecule has 1 aromatic heterocycles. The van der Waals surface area contributed by atoms with E-state index >= 15 is 0 Å². The van der Waals surface area contributed by atoms with Gasteiger partial charge in [0.2, 0.25) is 0 Å². The summed E-state index contributed by atoms with van der Waals surface area (Å²) in [5, 5.41) is 3.94. The van der Waals surface area contributed by atoms with Gasteiger partial charge in [-0.25, -0.2) is 13.8 Å². The Hall–Kier alpha value is -2.69. The molecule has 0 saturated heterocycles. The van der Waals surface area contributed by atoms with Gasteiger partial charge in [-0.15, -0.1) is 0 Å². The highest BCUT2D eigenvalue weighted by atomic mass is 19.1. The second-order valence-corrected chi connectivity index (χ2v) is 5.74. The fourth-order valence-electron chi connectivity index (χ4n) is 2.75. The van der Waals surface area contributed by atoms with Crippen LogP contribution < -0.4 is 11.1 Å². The molecule has 0 aliphatic carbocycles. The third-order valence-corrected chi connectivity index (χ3v) is 3.92. The molecular weight excluding hydrogens is 308 g/mol. The fourth-order valence-corrected chi connectivity index (χ4v) is 2.75. The van der Waals surface area contributed by atoms with E-state index in [9.17, 15) is 8.78 Å². The van der Waals surface area contributed by atoms with Gasteiger partial charge in [-0.05, 0) is 30.2 Å². The molecule has 5 heteroatoms. The van der Waals surface area contributed by atoms with E-state index in [1.54, 1.807) is 24.4 Å². The summed E-state index contributed by atoms with van der Waals surface area (Å²) >= 11 is 0. The lowest BCUT2D eigenvalue weighted by Gasteiger charge is -2.13. The quantitative estimate of drug-likeness (QED) is 0.513. The molecule has 0 radical (unpaired) electrons. The van der Waals surface area contributed by atoms with Gasteiger partial charge in [-0.2, -0.15) is 0 Å². The Bertz CT molecular complexity index is 878. The molecule has 3 rings (SSSR count). The molecule has 2 aromatic carbocycles. The number of unbranched alkanes of at least 4 members (excludes halogenated alkanes) is 1. The van der Waals surface area contributed by atoms with Crippen LogP contribution in [0.5, 0.6) is 0 Å². The van der Waals surface area contributed by atoms with Crippen molar-refractivity contribution in [2.45, 2.75) is 19.8 Å². The normalized spacial score (nSPS) is 11.0.